The van der Waals surface area contributed by atoms with E-state index < -0.39 is 34.3 Å². The summed E-state index contributed by atoms with van der Waals surface area (Å²) in [6, 6.07) is 23.4. The minimum absolute atomic E-state index is 0.00692. The highest BCUT2D eigenvalue weighted by Crippen LogP contribution is 2.16. The van der Waals surface area contributed by atoms with Gasteiger partial charge in [0.15, 0.2) is 0 Å². The molecule has 3 rings (SSSR count). The maximum Gasteiger partial charge on any atom is 0.243 e. The van der Waals surface area contributed by atoms with Crippen LogP contribution in [-0.2, 0) is 39.1 Å². The zero-order valence-corrected chi connectivity index (χ0v) is 21.1. The minimum atomic E-state index is -3.63. The zero-order chi connectivity index (χ0) is 26.1. The van der Waals surface area contributed by atoms with Crippen LogP contribution in [0, 0.1) is 5.82 Å². The van der Waals surface area contributed by atoms with Crippen molar-refractivity contribution in [2.75, 3.05) is 19.8 Å². The first-order valence-electron chi connectivity index (χ1n) is 11.4. The Morgan fingerprint density at radius 1 is 0.861 bits per heavy atom. The summed E-state index contributed by atoms with van der Waals surface area (Å²) < 4.78 is 38.4. The maximum absolute atomic E-state index is 13.5. The lowest BCUT2D eigenvalue weighted by atomic mass is 10.0. The number of halogens is 1. The van der Waals surface area contributed by atoms with Gasteiger partial charge in [0.1, 0.15) is 11.9 Å². The molecule has 1 atom stereocenters. The van der Waals surface area contributed by atoms with Gasteiger partial charge in [-0.15, -0.1) is 0 Å². The summed E-state index contributed by atoms with van der Waals surface area (Å²) in [5.41, 5.74) is 2.35. The van der Waals surface area contributed by atoms with E-state index in [-0.39, 0.29) is 25.4 Å². The summed E-state index contributed by atoms with van der Waals surface area (Å²) in [5.74, 6) is -1.34. The molecule has 0 aliphatic rings. The SMILES string of the molecule is CN(CC(=O)N(Cc1ccc(F)cc1)[C@H](Cc1ccccc1)C(=O)NCc1ccccc1)S(C)(=O)=O. The van der Waals surface area contributed by atoms with Gasteiger partial charge in [-0.2, -0.15) is 4.31 Å². The average molecular weight is 512 g/mol. The standard InChI is InChI=1S/C27H30FN3O4S/c1-30(36(2,34)35)20-26(32)31(19-23-13-15-24(28)16-14-23)25(17-21-9-5-3-6-10-21)27(33)29-18-22-11-7-4-8-12-22/h3-16,25H,17-20H2,1-2H3,(H,29,33)/t25-/m1/s1. The van der Waals surface area contributed by atoms with Crippen molar-refractivity contribution in [2.45, 2.75) is 25.6 Å². The molecule has 0 radical (unpaired) electrons. The van der Waals surface area contributed by atoms with Gasteiger partial charge in [-0.3, -0.25) is 9.59 Å². The number of carbonyl (C=O) groups is 2. The third-order valence-corrected chi connectivity index (χ3v) is 7.03. The number of hydrogen-bond donors (Lipinski definition) is 1. The van der Waals surface area contributed by atoms with E-state index in [0.29, 0.717) is 5.56 Å². The Hall–Kier alpha value is -3.56. The van der Waals surface area contributed by atoms with E-state index in [1.165, 1.54) is 36.2 Å². The van der Waals surface area contributed by atoms with Crippen LogP contribution < -0.4 is 5.32 Å². The second-order valence-electron chi connectivity index (χ2n) is 8.58. The van der Waals surface area contributed by atoms with E-state index in [9.17, 15) is 22.4 Å². The lowest BCUT2D eigenvalue weighted by molar-refractivity contribution is -0.141. The van der Waals surface area contributed by atoms with Crippen LogP contribution in [0.3, 0.4) is 0 Å². The van der Waals surface area contributed by atoms with Gasteiger partial charge in [0.05, 0.1) is 12.8 Å². The first-order valence-corrected chi connectivity index (χ1v) is 13.3. The van der Waals surface area contributed by atoms with Gasteiger partial charge in [-0.1, -0.05) is 72.8 Å². The van der Waals surface area contributed by atoms with Crippen molar-refractivity contribution >= 4 is 21.8 Å². The highest BCUT2D eigenvalue weighted by molar-refractivity contribution is 7.88. The molecule has 3 aromatic carbocycles. The summed E-state index contributed by atoms with van der Waals surface area (Å²) in [6.07, 6.45) is 1.23. The summed E-state index contributed by atoms with van der Waals surface area (Å²) >= 11 is 0. The van der Waals surface area contributed by atoms with Crippen molar-refractivity contribution < 1.29 is 22.4 Å². The van der Waals surface area contributed by atoms with E-state index in [1.807, 2.05) is 60.7 Å². The monoisotopic (exact) mass is 511 g/mol. The predicted molar refractivity (Wildman–Crippen MR) is 137 cm³/mol. The molecule has 1 N–H and O–H groups in total. The number of nitrogens with one attached hydrogen (secondary N) is 1. The van der Waals surface area contributed by atoms with Crippen molar-refractivity contribution in [3.05, 3.63) is 107 Å². The first-order chi connectivity index (χ1) is 17.1. The molecule has 0 unspecified atom stereocenters. The van der Waals surface area contributed by atoms with Crippen molar-refractivity contribution in [3.8, 4) is 0 Å². The Morgan fingerprint density at radius 3 is 1.97 bits per heavy atom. The van der Waals surface area contributed by atoms with Crippen molar-refractivity contribution in [1.29, 1.82) is 0 Å². The number of rotatable bonds is 11. The minimum Gasteiger partial charge on any atom is -0.350 e. The van der Waals surface area contributed by atoms with Gasteiger partial charge >= 0.3 is 0 Å². The highest BCUT2D eigenvalue weighted by atomic mass is 32.2. The summed E-state index contributed by atoms with van der Waals surface area (Å²) in [6.45, 7) is -0.156. The summed E-state index contributed by atoms with van der Waals surface area (Å²) in [7, 11) is -2.31. The Morgan fingerprint density at radius 2 is 1.42 bits per heavy atom. The zero-order valence-electron chi connectivity index (χ0n) is 20.3. The smallest absolute Gasteiger partial charge is 0.243 e. The molecule has 36 heavy (non-hydrogen) atoms. The fraction of sp³-hybridized carbons (Fsp3) is 0.259. The van der Waals surface area contributed by atoms with Crippen LogP contribution in [0.25, 0.3) is 0 Å². The number of likely N-dealkylation sites (N-methyl/N-ethyl adjacent to an activating group) is 1. The van der Waals surface area contributed by atoms with Crippen LogP contribution in [0.4, 0.5) is 4.39 Å². The van der Waals surface area contributed by atoms with Crippen LogP contribution >= 0.6 is 0 Å². The molecule has 7 nitrogen and oxygen atoms in total. The molecule has 3 aromatic rings. The average Bonchev–Trinajstić information content (AvgIpc) is 2.86. The molecule has 0 saturated heterocycles. The summed E-state index contributed by atoms with van der Waals surface area (Å²) in [5, 5.41) is 2.91. The maximum atomic E-state index is 13.5. The molecule has 0 aromatic heterocycles. The third-order valence-electron chi connectivity index (χ3n) is 5.77. The molecule has 9 heteroatoms. The molecule has 0 aliphatic carbocycles. The molecule has 0 saturated carbocycles. The molecule has 0 spiro atoms. The second-order valence-corrected chi connectivity index (χ2v) is 10.7. The van der Waals surface area contributed by atoms with Crippen LogP contribution in [0.2, 0.25) is 0 Å². The van der Waals surface area contributed by atoms with E-state index >= 15 is 0 Å². The van der Waals surface area contributed by atoms with Gasteiger partial charge in [-0.25, -0.2) is 12.8 Å². The topological polar surface area (TPSA) is 86.8 Å². The normalized spacial score (nSPS) is 12.2. The van der Waals surface area contributed by atoms with Crippen LogP contribution in [0.15, 0.2) is 84.9 Å². The summed E-state index contributed by atoms with van der Waals surface area (Å²) in [4.78, 5) is 28.3. The number of hydrogen-bond acceptors (Lipinski definition) is 4. The molecule has 0 heterocycles. The van der Waals surface area contributed by atoms with E-state index in [2.05, 4.69) is 5.32 Å². The van der Waals surface area contributed by atoms with Crippen LogP contribution in [0.1, 0.15) is 16.7 Å². The molecule has 0 aliphatic heterocycles. The van der Waals surface area contributed by atoms with E-state index in [1.54, 1.807) is 0 Å². The number of carbonyl (C=O) groups excluding carboxylic acids is 2. The van der Waals surface area contributed by atoms with Crippen LogP contribution in [0.5, 0.6) is 0 Å². The third kappa shape index (κ3) is 8.00. The van der Waals surface area contributed by atoms with Crippen LogP contribution in [-0.4, -0.2) is 55.3 Å². The molecular weight excluding hydrogens is 481 g/mol. The fourth-order valence-corrected chi connectivity index (χ4v) is 3.99. The van der Waals surface area contributed by atoms with Gasteiger partial charge in [0, 0.05) is 26.6 Å². The first kappa shape index (κ1) is 27.0. The number of benzene rings is 3. The van der Waals surface area contributed by atoms with Gasteiger partial charge in [0.25, 0.3) is 0 Å². The molecule has 2 amide bonds. The number of amides is 2. The molecule has 0 fully saturated rings. The Labute approximate surface area is 211 Å². The second kappa shape index (κ2) is 12.4. The molecule has 190 valence electrons. The molecule has 0 bridgehead atoms. The lowest BCUT2D eigenvalue weighted by Gasteiger charge is -2.32. The van der Waals surface area contributed by atoms with E-state index in [4.69, 9.17) is 0 Å². The van der Waals surface area contributed by atoms with Gasteiger partial charge < -0.3 is 10.2 Å². The molecular formula is C27H30FN3O4S. The van der Waals surface area contributed by atoms with Crippen molar-refractivity contribution in [3.63, 3.8) is 0 Å². The Balaban J connectivity index is 1.94. The fourth-order valence-electron chi connectivity index (χ4n) is 3.64. The largest absolute Gasteiger partial charge is 0.350 e. The Bertz CT molecular complexity index is 1250. The van der Waals surface area contributed by atoms with Gasteiger partial charge in [-0.05, 0) is 28.8 Å². The van der Waals surface area contributed by atoms with Crippen molar-refractivity contribution in [2.24, 2.45) is 0 Å². The Kier molecular flexibility index (Phi) is 9.32. The van der Waals surface area contributed by atoms with Gasteiger partial charge in [0.2, 0.25) is 21.8 Å². The lowest BCUT2D eigenvalue weighted by Crippen LogP contribution is -2.52. The van der Waals surface area contributed by atoms with Crippen molar-refractivity contribution in [1.82, 2.24) is 14.5 Å². The quantitative estimate of drug-likeness (QED) is 0.429. The van der Waals surface area contributed by atoms with E-state index in [0.717, 1.165) is 21.7 Å². The highest BCUT2D eigenvalue weighted by Gasteiger charge is 2.31. The number of nitrogens with zero attached hydrogens (tertiary/aromatic N) is 2. The predicted octanol–water partition coefficient (Wildman–Crippen LogP) is 2.97. The number of sulfonamides is 1.